The van der Waals surface area contributed by atoms with Gasteiger partial charge in [0.25, 0.3) is 5.91 Å². The molecule has 2 aromatic heterocycles. The van der Waals surface area contributed by atoms with Crippen molar-refractivity contribution in [3.8, 4) is 0 Å². The largest absolute Gasteiger partial charge is 0.369 e. The molecule has 0 spiro atoms. The topological polar surface area (TPSA) is 79.9 Å². The second-order valence-electron chi connectivity index (χ2n) is 5.30. The minimum Gasteiger partial charge on any atom is -0.369 e. The van der Waals surface area contributed by atoms with Gasteiger partial charge in [0.15, 0.2) is 5.69 Å². The molecule has 21 heavy (non-hydrogen) atoms. The van der Waals surface area contributed by atoms with Gasteiger partial charge in [-0.3, -0.25) is 14.9 Å². The highest BCUT2D eigenvalue weighted by molar-refractivity contribution is 5.94. The van der Waals surface area contributed by atoms with Crippen LogP contribution in [-0.4, -0.2) is 27.2 Å². The van der Waals surface area contributed by atoms with Gasteiger partial charge in [-0.25, -0.2) is 0 Å². The molecule has 110 valence electrons. The molecule has 6 heteroatoms. The van der Waals surface area contributed by atoms with Crippen molar-refractivity contribution in [2.24, 2.45) is 0 Å². The number of fused-ring (bicyclic) bond motifs is 1. The molecule has 2 N–H and O–H groups in total. The minimum absolute atomic E-state index is 0.0591. The number of aromatic amines is 1. The van der Waals surface area contributed by atoms with Crippen LogP contribution in [0.25, 0.3) is 0 Å². The zero-order valence-electron chi connectivity index (χ0n) is 12.1. The fraction of sp³-hybridized carbons (Fsp3) is 0.400. The van der Waals surface area contributed by atoms with Crippen molar-refractivity contribution >= 4 is 5.91 Å². The van der Waals surface area contributed by atoms with Crippen LogP contribution in [0.15, 0.2) is 24.5 Å². The molecule has 1 amide bonds. The summed E-state index contributed by atoms with van der Waals surface area (Å²) in [6.45, 7) is 4.41. The van der Waals surface area contributed by atoms with E-state index in [1.54, 1.807) is 12.4 Å². The quantitative estimate of drug-likeness (QED) is 0.901. The lowest BCUT2D eigenvalue weighted by atomic mass is 9.99. The van der Waals surface area contributed by atoms with Crippen LogP contribution < -0.4 is 5.32 Å². The van der Waals surface area contributed by atoms with E-state index < -0.39 is 0 Å². The smallest absolute Gasteiger partial charge is 0.272 e. The fourth-order valence-electron chi connectivity index (χ4n) is 2.63. The summed E-state index contributed by atoms with van der Waals surface area (Å²) in [4.78, 5) is 16.3. The van der Waals surface area contributed by atoms with E-state index >= 15 is 0 Å². The summed E-state index contributed by atoms with van der Waals surface area (Å²) in [5.41, 5.74) is 3.29. The lowest BCUT2D eigenvalue weighted by molar-refractivity contribution is -0.00697. The van der Waals surface area contributed by atoms with E-state index in [1.165, 1.54) is 0 Å². The number of hydrogen-bond donors (Lipinski definition) is 2. The number of carbonyl (C=O) groups is 1. The van der Waals surface area contributed by atoms with E-state index in [-0.39, 0.29) is 18.1 Å². The van der Waals surface area contributed by atoms with Gasteiger partial charge in [-0.15, -0.1) is 0 Å². The lowest BCUT2D eigenvalue weighted by Gasteiger charge is -2.25. The van der Waals surface area contributed by atoms with Crippen molar-refractivity contribution in [1.82, 2.24) is 20.5 Å². The number of amides is 1. The van der Waals surface area contributed by atoms with Crippen LogP contribution in [-0.2, 0) is 17.7 Å². The van der Waals surface area contributed by atoms with Crippen molar-refractivity contribution in [3.05, 3.63) is 47.0 Å². The number of aromatic nitrogens is 3. The third kappa shape index (κ3) is 2.80. The molecule has 0 saturated carbocycles. The fourth-order valence-corrected chi connectivity index (χ4v) is 2.63. The average molecular weight is 286 g/mol. The molecule has 0 radical (unpaired) electrons. The van der Waals surface area contributed by atoms with Crippen molar-refractivity contribution in [2.75, 3.05) is 0 Å². The molecule has 2 atom stereocenters. The lowest BCUT2D eigenvalue weighted by Crippen LogP contribution is -2.27. The summed E-state index contributed by atoms with van der Waals surface area (Å²) in [7, 11) is 0. The van der Waals surface area contributed by atoms with Crippen molar-refractivity contribution < 1.29 is 9.53 Å². The summed E-state index contributed by atoms with van der Waals surface area (Å²) in [5.74, 6) is -0.169. The molecule has 6 nitrogen and oxygen atoms in total. The number of ether oxygens (including phenoxy) is 1. The molecule has 1 aliphatic rings. The Balaban J connectivity index is 1.74. The minimum atomic E-state index is -0.169. The molecule has 3 rings (SSSR count). The van der Waals surface area contributed by atoms with Crippen LogP contribution >= 0.6 is 0 Å². The average Bonchev–Trinajstić information content (AvgIpc) is 2.90. The maximum Gasteiger partial charge on any atom is 0.272 e. The van der Waals surface area contributed by atoms with Crippen LogP contribution in [0.3, 0.4) is 0 Å². The Morgan fingerprint density at radius 2 is 2.38 bits per heavy atom. The molecule has 0 unspecified atom stereocenters. The number of nitrogens with one attached hydrogen (secondary N) is 2. The third-order valence-electron chi connectivity index (χ3n) is 3.62. The Labute approximate surface area is 122 Å². The van der Waals surface area contributed by atoms with E-state index in [0.717, 1.165) is 16.8 Å². The number of pyridine rings is 1. The molecule has 3 heterocycles. The predicted molar refractivity (Wildman–Crippen MR) is 76.7 cm³/mol. The molecule has 0 saturated heterocycles. The number of H-pyrrole nitrogens is 1. The van der Waals surface area contributed by atoms with E-state index in [4.69, 9.17) is 4.74 Å². The second kappa shape index (κ2) is 5.65. The molecule has 0 bridgehead atoms. The molecular formula is C15H18N4O2. The van der Waals surface area contributed by atoms with Gasteiger partial charge < -0.3 is 10.1 Å². The van der Waals surface area contributed by atoms with Gasteiger partial charge >= 0.3 is 0 Å². The van der Waals surface area contributed by atoms with Crippen LogP contribution in [0.4, 0.5) is 0 Å². The van der Waals surface area contributed by atoms with Crippen molar-refractivity contribution in [3.63, 3.8) is 0 Å². The maximum absolute atomic E-state index is 12.3. The highest BCUT2D eigenvalue weighted by Gasteiger charge is 2.29. The molecule has 0 aromatic carbocycles. The Morgan fingerprint density at radius 1 is 1.52 bits per heavy atom. The summed E-state index contributed by atoms with van der Waals surface area (Å²) in [6, 6.07) is 3.77. The van der Waals surface area contributed by atoms with Gasteiger partial charge in [0.1, 0.15) is 0 Å². The number of rotatable bonds is 3. The van der Waals surface area contributed by atoms with E-state index in [0.29, 0.717) is 18.7 Å². The molecule has 0 fully saturated rings. The monoisotopic (exact) mass is 286 g/mol. The SMILES string of the molecule is C[C@@H]1Cc2c(C(=O)NCc3cccnc3)n[nH]c2[C@H](C)O1. The van der Waals surface area contributed by atoms with Gasteiger partial charge in [-0.05, 0) is 25.5 Å². The van der Waals surface area contributed by atoms with E-state index in [9.17, 15) is 4.79 Å². The van der Waals surface area contributed by atoms with Crippen LogP contribution in [0.5, 0.6) is 0 Å². The van der Waals surface area contributed by atoms with Crippen LogP contribution in [0, 0.1) is 0 Å². The Hall–Kier alpha value is -2.21. The van der Waals surface area contributed by atoms with Gasteiger partial charge in [0.05, 0.1) is 17.9 Å². The molecule has 2 aromatic rings. The number of nitrogens with zero attached hydrogens (tertiary/aromatic N) is 2. The van der Waals surface area contributed by atoms with Crippen molar-refractivity contribution in [2.45, 2.75) is 39.0 Å². The van der Waals surface area contributed by atoms with Gasteiger partial charge in [0.2, 0.25) is 0 Å². The van der Waals surface area contributed by atoms with Gasteiger partial charge in [0, 0.05) is 30.9 Å². The van der Waals surface area contributed by atoms with Gasteiger partial charge in [-0.2, -0.15) is 5.10 Å². The third-order valence-corrected chi connectivity index (χ3v) is 3.62. The Morgan fingerprint density at radius 3 is 3.14 bits per heavy atom. The molecule has 1 aliphatic heterocycles. The first-order valence-electron chi connectivity index (χ1n) is 7.05. The normalized spacial score (nSPS) is 20.9. The first-order valence-corrected chi connectivity index (χ1v) is 7.05. The van der Waals surface area contributed by atoms with E-state index in [2.05, 4.69) is 20.5 Å². The summed E-state index contributed by atoms with van der Waals surface area (Å²) in [5, 5.41) is 9.97. The zero-order chi connectivity index (χ0) is 14.8. The zero-order valence-corrected chi connectivity index (χ0v) is 12.1. The summed E-state index contributed by atoms with van der Waals surface area (Å²) in [6.07, 6.45) is 4.17. The Bertz CT molecular complexity index is 638. The highest BCUT2D eigenvalue weighted by Crippen LogP contribution is 2.29. The highest BCUT2D eigenvalue weighted by atomic mass is 16.5. The summed E-state index contributed by atoms with van der Waals surface area (Å²) >= 11 is 0. The molecular weight excluding hydrogens is 268 g/mol. The van der Waals surface area contributed by atoms with E-state index in [1.807, 2.05) is 26.0 Å². The standard InChI is InChI=1S/C15H18N4O2/c1-9-6-12-13(10(2)21-9)18-19-14(12)15(20)17-8-11-4-3-5-16-7-11/h3-5,7,9-10H,6,8H2,1-2H3,(H,17,20)(H,18,19)/t9-,10+/m1/s1. The number of hydrogen-bond acceptors (Lipinski definition) is 4. The number of carbonyl (C=O) groups excluding carboxylic acids is 1. The first kappa shape index (κ1) is 13.8. The van der Waals surface area contributed by atoms with Crippen LogP contribution in [0.2, 0.25) is 0 Å². The maximum atomic E-state index is 12.3. The second-order valence-corrected chi connectivity index (χ2v) is 5.30. The van der Waals surface area contributed by atoms with Crippen LogP contribution in [0.1, 0.15) is 47.3 Å². The molecule has 0 aliphatic carbocycles. The van der Waals surface area contributed by atoms with Crippen molar-refractivity contribution in [1.29, 1.82) is 0 Å². The summed E-state index contributed by atoms with van der Waals surface area (Å²) < 4.78 is 5.72. The predicted octanol–water partition coefficient (Wildman–Crippen LogP) is 1.76. The Kier molecular flexibility index (Phi) is 3.70. The first-order chi connectivity index (χ1) is 10.1. The van der Waals surface area contributed by atoms with Gasteiger partial charge in [-0.1, -0.05) is 6.07 Å².